The quantitative estimate of drug-likeness (QED) is 0.652. The number of hydrogen-bond donors (Lipinski definition) is 3. The van der Waals surface area contributed by atoms with Gasteiger partial charge in [-0.15, -0.1) is 0 Å². The minimum atomic E-state index is -0.505. The first-order valence-electron chi connectivity index (χ1n) is 8.51. The number of hydrogen-bond acceptors (Lipinski definition) is 3. The Bertz CT molecular complexity index is 434. The van der Waals surface area contributed by atoms with Gasteiger partial charge in [-0.25, -0.2) is 0 Å². The number of aliphatic hydroxyl groups excluding tert-OH is 3. The molecule has 3 aliphatic rings. The van der Waals surface area contributed by atoms with Crippen molar-refractivity contribution in [3.63, 3.8) is 0 Å². The fourth-order valence-electron chi connectivity index (χ4n) is 5.45. The van der Waals surface area contributed by atoms with E-state index in [1.807, 2.05) is 0 Å². The molecule has 0 aliphatic heterocycles. The predicted molar refractivity (Wildman–Crippen MR) is 82.7 cm³/mol. The molecule has 0 bridgehead atoms. The molecule has 3 heteroatoms. The number of allylic oxidation sites excluding steroid dienone is 1. The number of aliphatic hydroxyl groups is 3. The molecule has 0 amide bonds. The molecule has 3 saturated carbocycles. The van der Waals surface area contributed by atoms with Crippen molar-refractivity contribution in [1.29, 1.82) is 0 Å². The van der Waals surface area contributed by atoms with Crippen LogP contribution in [0.15, 0.2) is 12.2 Å². The third kappa shape index (κ3) is 2.20. The zero-order valence-corrected chi connectivity index (χ0v) is 13.4. The largest absolute Gasteiger partial charge is 0.393 e. The van der Waals surface area contributed by atoms with E-state index in [1.54, 1.807) is 0 Å². The van der Waals surface area contributed by atoms with E-state index in [9.17, 15) is 15.3 Å². The summed E-state index contributed by atoms with van der Waals surface area (Å²) < 4.78 is 0. The number of rotatable bonds is 1. The lowest BCUT2D eigenvalue weighted by molar-refractivity contribution is -0.143. The van der Waals surface area contributed by atoms with Gasteiger partial charge in [0.15, 0.2) is 0 Å². The molecule has 0 aromatic carbocycles. The lowest BCUT2D eigenvalue weighted by Crippen LogP contribution is -2.54. The molecule has 7 unspecified atom stereocenters. The Morgan fingerprint density at radius 3 is 2.38 bits per heavy atom. The van der Waals surface area contributed by atoms with Crippen molar-refractivity contribution in [2.24, 2.45) is 22.7 Å². The highest BCUT2D eigenvalue weighted by Crippen LogP contribution is 2.60. The molecule has 0 aromatic rings. The average molecular weight is 294 g/mol. The highest BCUT2D eigenvalue weighted by Gasteiger charge is 2.56. The molecule has 0 spiro atoms. The Hall–Kier alpha value is -0.380. The highest BCUT2D eigenvalue weighted by atomic mass is 16.3. The van der Waals surface area contributed by atoms with Crippen molar-refractivity contribution in [1.82, 2.24) is 0 Å². The molecule has 0 aromatic heterocycles. The molecule has 21 heavy (non-hydrogen) atoms. The van der Waals surface area contributed by atoms with Crippen molar-refractivity contribution < 1.29 is 15.3 Å². The van der Waals surface area contributed by atoms with Gasteiger partial charge in [0.2, 0.25) is 0 Å². The van der Waals surface area contributed by atoms with Gasteiger partial charge in [0, 0.05) is 0 Å². The van der Waals surface area contributed by atoms with Gasteiger partial charge < -0.3 is 15.3 Å². The maximum atomic E-state index is 11.0. The van der Waals surface area contributed by atoms with Crippen LogP contribution in [0.1, 0.15) is 58.8 Å². The molecule has 3 fully saturated rings. The van der Waals surface area contributed by atoms with E-state index < -0.39 is 6.10 Å². The molecular formula is C18H30O3. The number of fused-ring (bicyclic) bond motifs is 1. The maximum Gasteiger partial charge on any atom is 0.0622 e. The molecule has 3 rings (SSSR count). The fraction of sp³-hybridized carbons (Fsp3) is 0.889. The van der Waals surface area contributed by atoms with Crippen molar-refractivity contribution in [2.75, 3.05) is 0 Å². The Morgan fingerprint density at radius 2 is 1.71 bits per heavy atom. The molecule has 3 N–H and O–H groups in total. The third-order valence-corrected chi connectivity index (χ3v) is 7.30. The lowest BCUT2D eigenvalue weighted by atomic mass is 9.54. The predicted octanol–water partition coefficient (Wildman–Crippen LogP) is 2.64. The van der Waals surface area contributed by atoms with Crippen LogP contribution in [0.3, 0.4) is 0 Å². The van der Waals surface area contributed by atoms with Crippen molar-refractivity contribution in [2.45, 2.75) is 77.1 Å². The monoisotopic (exact) mass is 294 g/mol. The van der Waals surface area contributed by atoms with Crippen LogP contribution in [0, 0.1) is 22.7 Å². The van der Waals surface area contributed by atoms with Crippen LogP contribution in [0.2, 0.25) is 0 Å². The van der Waals surface area contributed by atoms with E-state index in [1.165, 1.54) is 5.57 Å². The topological polar surface area (TPSA) is 60.7 Å². The van der Waals surface area contributed by atoms with Gasteiger partial charge in [-0.1, -0.05) is 26.0 Å². The van der Waals surface area contributed by atoms with Crippen LogP contribution in [0.4, 0.5) is 0 Å². The third-order valence-electron chi connectivity index (χ3n) is 7.30. The van der Waals surface area contributed by atoms with Crippen LogP contribution in [0.5, 0.6) is 0 Å². The van der Waals surface area contributed by atoms with Crippen molar-refractivity contribution >= 4 is 0 Å². The zero-order valence-electron chi connectivity index (χ0n) is 13.4. The molecular weight excluding hydrogens is 264 g/mol. The van der Waals surface area contributed by atoms with E-state index in [0.717, 1.165) is 38.5 Å². The van der Waals surface area contributed by atoms with E-state index in [0.29, 0.717) is 12.3 Å². The van der Waals surface area contributed by atoms with E-state index >= 15 is 0 Å². The van der Waals surface area contributed by atoms with Gasteiger partial charge in [-0.05, 0) is 67.6 Å². The van der Waals surface area contributed by atoms with Gasteiger partial charge in [-0.2, -0.15) is 0 Å². The van der Waals surface area contributed by atoms with Crippen LogP contribution < -0.4 is 0 Å². The molecule has 7 atom stereocenters. The van der Waals surface area contributed by atoms with Crippen molar-refractivity contribution in [3.8, 4) is 0 Å². The van der Waals surface area contributed by atoms with Gasteiger partial charge in [0.1, 0.15) is 0 Å². The van der Waals surface area contributed by atoms with Crippen molar-refractivity contribution in [3.05, 3.63) is 12.2 Å². The van der Waals surface area contributed by atoms with Gasteiger partial charge >= 0.3 is 0 Å². The second kappa shape index (κ2) is 5.07. The Balaban J connectivity index is 1.83. The minimum Gasteiger partial charge on any atom is -0.393 e. The summed E-state index contributed by atoms with van der Waals surface area (Å²) in [6.45, 7) is 8.61. The van der Waals surface area contributed by atoms with Crippen LogP contribution in [0.25, 0.3) is 0 Å². The highest BCUT2D eigenvalue weighted by molar-refractivity contribution is 5.21. The first-order valence-corrected chi connectivity index (χ1v) is 8.51. The summed E-state index contributed by atoms with van der Waals surface area (Å²) >= 11 is 0. The minimum absolute atomic E-state index is 0.0887. The Labute approximate surface area is 128 Å². The van der Waals surface area contributed by atoms with Gasteiger partial charge in [0.05, 0.1) is 18.3 Å². The van der Waals surface area contributed by atoms with Crippen LogP contribution in [-0.4, -0.2) is 33.6 Å². The lowest BCUT2D eigenvalue weighted by Gasteiger charge is -2.53. The van der Waals surface area contributed by atoms with Crippen LogP contribution in [-0.2, 0) is 0 Å². The summed E-state index contributed by atoms with van der Waals surface area (Å²) in [6.07, 6.45) is 4.85. The zero-order chi connectivity index (χ0) is 15.4. The van der Waals surface area contributed by atoms with E-state index in [2.05, 4.69) is 20.4 Å². The summed E-state index contributed by atoms with van der Waals surface area (Å²) in [4.78, 5) is 0. The first-order chi connectivity index (χ1) is 9.79. The molecule has 120 valence electrons. The Kier molecular flexibility index (Phi) is 3.75. The summed E-state index contributed by atoms with van der Waals surface area (Å²) in [7, 11) is 0. The average Bonchev–Trinajstić information content (AvgIpc) is 2.72. The summed E-state index contributed by atoms with van der Waals surface area (Å²) in [5.74, 6) is 0.434. The second-order valence-corrected chi connectivity index (χ2v) is 8.25. The Morgan fingerprint density at radius 1 is 1.00 bits per heavy atom. The molecule has 0 radical (unpaired) electrons. The summed E-state index contributed by atoms with van der Waals surface area (Å²) in [6, 6.07) is 0. The SMILES string of the molecule is C=C1CCC2C(O)C(C3(C)CCC(O)CC3O)CCC12C. The molecule has 0 saturated heterocycles. The second-order valence-electron chi connectivity index (χ2n) is 8.25. The molecule has 3 nitrogen and oxygen atoms in total. The normalized spacial score (nSPS) is 54.5. The summed E-state index contributed by atoms with van der Waals surface area (Å²) in [5.41, 5.74) is 1.13. The molecule has 3 aliphatic carbocycles. The smallest absolute Gasteiger partial charge is 0.0622 e. The standard InChI is InChI=1S/C18H30O3/c1-11-4-5-13-16(21)14(7-9-17(11,13)2)18(3)8-6-12(19)10-15(18)20/h12-16,19-21H,1,4-10H2,2-3H3. The maximum absolute atomic E-state index is 11.0. The van der Waals surface area contributed by atoms with E-state index in [4.69, 9.17) is 0 Å². The fourth-order valence-corrected chi connectivity index (χ4v) is 5.45. The van der Waals surface area contributed by atoms with Gasteiger partial charge in [0.25, 0.3) is 0 Å². The van der Waals surface area contributed by atoms with Gasteiger partial charge in [-0.3, -0.25) is 0 Å². The molecule has 0 heterocycles. The van der Waals surface area contributed by atoms with Crippen LogP contribution >= 0.6 is 0 Å². The van der Waals surface area contributed by atoms with E-state index in [-0.39, 0.29) is 29.0 Å². The first kappa shape index (κ1) is 15.5. The summed E-state index contributed by atoms with van der Waals surface area (Å²) in [5, 5.41) is 31.3.